The Kier molecular flexibility index (Phi) is 5.06. The molecule has 1 aromatic heterocycles. The molecule has 0 radical (unpaired) electrons. The van der Waals surface area contributed by atoms with E-state index in [1.165, 1.54) is 12.3 Å². The van der Waals surface area contributed by atoms with Crippen LogP contribution in [0.4, 0.5) is 0 Å². The minimum atomic E-state index is -3.61. The summed E-state index contributed by atoms with van der Waals surface area (Å²) < 4.78 is 26.6. The van der Waals surface area contributed by atoms with Gasteiger partial charge in [-0.05, 0) is 30.5 Å². The summed E-state index contributed by atoms with van der Waals surface area (Å²) in [6.07, 6.45) is 1.98. The number of aryl methyl sites for hydroxylation is 1. The van der Waals surface area contributed by atoms with Crippen LogP contribution in [0.3, 0.4) is 0 Å². The summed E-state index contributed by atoms with van der Waals surface area (Å²) in [5.74, 6) is 0. The molecule has 2 aromatic rings. The number of hydrogen-bond acceptors (Lipinski definition) is 4. The molecule has 0 fully saturated rings. The highest BCUT2D eigenvalue weighted by Crippen LogP contribution is 2.08. The lowest BCUT2D eigenvalue weighted by molar-refractivity contribution is 0.281. The van der Waals surface area contributed by atoms with Crippen molar-refractivity contribution in [2.24, 2.45) is 0 Å². The van der Waals surface area contributed by atoms with Crippen LogP contribution >= 0.6 is 0 Å². The quantitative estimate of drug-likeness (QED) is 0.845. The lowest BCUT2D eigenvalue weighted by Crippen LogP contribution is -2.26. The Morgan fingerprint density at radius 3 is 2.62 bits per heavy atom. The second kappa shape index (κ2) is 6.80. The molecule has 21 heavy (non-hydrogen) atoms. The molecular formula is C15H18N2O3S. The van der Waals surface area contributed by atoms with E-state index in [4.69, 9.17) is 5.11 Å². The Balaban J connectivity index is 1.97. The molecule has 0 amide bonds. The van der Waals surface area contributed by atoms with Gasteiger partial charge in [0.15, 0.2) is 5.03 Å². The zero-order valence-corrected chi connectivity index (χ0v) is 12.6. The van der Waals surface area contributed by atoms with Gasteiger partial charge in [0.2, 0.25) is 0 Å². The molecule has 112 valence electrons. The fraction of sp³-hybridized carbons (Fsp3) is 0.267. The Bertz CT molecular complexity index is 697. The summed E-state index contributed by atoms with van der Waals surface area (Å²) >= 11 is 0. The second-order valence-electron chi connectivity index (χ2n) is 4.80. The van der Waals surface area contributed by atoms with Crippen molar-refractivity contribution in [3.05, 3.63) is 59.3 Å². The summed E-state index contributed by atoms with van der Waals surface area (Å²) in [7, 11) is -3.61. The van der Waals surface area contributed by atoms with Gasteiger partial charge in [-0.3, -0.25) is 0 Å². The largest absolute Gasteiger partial charge is 0.392 e. The number of nitrogens with one attached hydrogen (secondary N) is 1. The van der Waals surface area contributed by atoms with Gasteiger partial charge >= 0.3 is 0 Å². The average Bonchev–Trinajstić information content (AvgIpc) is 2.47. The smallest absolute Gasteiger partial charge is 0.258 e. The highest BCUT2D eigenvalue weighted by Gasteiger charge is 2.14. The number of pyridine rings is 1. The minimum absolute atomic E-state index is 0.0380. The number of aromatic nitrogens is 1. The summed E-state index contributed by atoms with van der Waals surface area (Å²) in [5, 5.41) is 8.88. The predicted octanol–water partition coefficient (Wildman–Crippen LogP) is 1.40. The van der Waals surface area contributed by atoms with Crippen LogP contribution in [0.5, 0.6) is 0 Å². The molecule has 6 heteroatoms. The van der Waals surface area contributed by atoms with Gasteiger partial charge in [-0.1, -0.05) is 35.9 Å². The lowest BCUT2D eigenvalue weighted by atomic mass is 10.1. The zero-order valence-electron chi connectivity index (χ0n) is 11.8. The molecule has 1 aromatic carbocycles. The van der Waals surface area contributed by atoms with E-state index in [9.17, 15) is 8.42 Å². The number of nitrogens with zero attached hydrogens (tertiary/aromatic N) is 1. The van der Waals surface area contributed by atoms with Crippen LogP contribution in [0, 0.1) is 6.92 Å². The molecule has 5 nitrogen and oxygen atoms in total. The topological polar surface area (TPSA) is 79.3 Å². The molecule has 0 atom stereocenters. The molecule has 0 aliphatic heterocycles. The van der Waals surface area contributed by atoms with Crippen molar-refractivity contribution in [2.45, 2.75) is 25.0 Å². The molecule has 0 saturated carbocycles. The Morgan fingerprint density at radius 1 is 1.19 bits per heavy atom. The third-order valence-corrected chi connectivity index (χ3v) is 4.42. The van der Waals surface area contributed by atoms with Gasteiger partial charge in [-0.15, -0.1) is 0 Å². The standard InChI is InChI=1S/C15H18N2O3S/c1-12-3-2-4-13(9-12)7-8-17-21(19,20)15-6-5-14(11-18)10-16-15/h2-6,9-10,17-18H,7-8,11H2,1H3. The number of aliphatic hydroxyl groups is 1. The van der Waals surface area contributed by atoms with Crippen molar-refractivity contribution in [2.75, 3.05) is 6.54 Å². The number of benzene rings is 1. The molecule has 0 aliphatic rings. The van der Waals surface area contributed by atoms with Gasteiger partial charge in [0, 0.05) is 12.7 Å². The first-order chi connectivity index (χ1) is 10.0. The van der Waals surface area contributed by atoms with Crippen molar-refractivity contribution < 1.29 is 13.5 Å². The van der Waals surface area contributed by atoms with E-state index in [1.807, 2.05) is 31.2 Å². The number of sulfonamides is 1. The number of hydrogen-bond donors (Lipinski definition) is 2. The number of aliphatic hydroxyl groups excluding tert-OH is 1. The maximum absolute atomic E-state index is 12.1. The molecular weight excluding hydrogens is 288 g/mol. The van der Waals surface area contributed by atoms with Crippen LogP contribution in [0.25, 0.3) is 0 Å². The molecule has 0 aliphatic carbocycles. The first kappa shape index (κ1) is 15.6. The Hall–Kier alpha value is -1.76. The van der Waals surface area contributed by atoms with Crippen LogP contribution in [0.2, 0.25) is 0 Å². The van der Waals surface area contributed by atoms with Gasteiger partial charge in [0.05, 0.1) is 6.61 Å². The van der Waals surface area contributed by atoms with Gasteiger partial charge in [-0.2, -0.15) is 0 Å². The third-order valence-electron chi connectivity index (χ3n) is 3.04. The third kappa shape index (κ3) is 4.35. The molecule has 0 spiro atoms. The summed E-state index contributed by atoms with van der Waals surface area (Å²) in [4.78, 5) is 3.85. The second-order valence-corrected chi connectivity index (χ2v) is 6.51. The van der Waals surface area contributed by atoms with Crippen LogP contribution in [0.15, 0.2) is 47.6 Å². The molecule has 2 N–H and O–H groups in total. The van der Waals surface area contributed by atoms with Gasteiger partial charge in [-0.25, -0.2) is 18.1 Å². The van der Waals surface area contributed by atoms with Crippen molar-refractivity contribution >= 4 is 10.0 Å². The van der Waals surface area contributed by atoms with Crippen LogP contribution in [0.1, 0.15) is 16.7 Å². The predicted molar refractivity (Wildman–Crippen MR) is 80.2 cm³/mol. The molecule has 0 bridgehead atoms. The zero-order chi connectivity index (χ0) is 15.3. The maximum Gasteiger partial charge on any atom is 0.258 e. The van der Waals surface area contributed by atoms with E-state index in [2.05, 4.69) is 9.71 Å². The number of rotatable bonds is 6. The molecule has 0 unspecified atom stereocenters. The van der Waals surface area contributed by atoms with Gasteiger partial charge < -0.3 is 5.11 Å². The van der Waals surface area contributed by atoms with Crippen molar-refractivity contribution in [3.8, 4) is 0 Å². The SMILES string of the molecule is Cc1cccc(CCNS(=O)(=O)c2ccc(CO)cn2)c1. The van der Waals surface area contributed by atoms with E-state index >= 15 is 0 Å². The van der Waals surface area contributed by atoms with E-state index in [-0.39, 0.29) is 11.6 Å². The maximum atomic E-state index is 12.1. The monoisotopic (exact) mass is 306 g/mol. The van der Waals surface area contributed by atoms with Crippen LogP contribution in [-0.2, 0) is 23.1 Å². The van der Waals surface area contributed by atoms with Crippen LogP contribution < -0.4 is 4.72 Å². The Labute approximate surface area is 124 Å². The molecule has 1 heterocycles. The lowest BCUT2D eigenvalue weighted by Gasteiger charge is -2.07. The molecule has 0 saturated heterocycles. The fourth-order valence-electron chi connectivity index (χ4n) is 1.93. The van der Waals surface area contributed by atoms with Gasteiger partial charge in [0.1, 0.15) is 0 Å². The molecule has 2 rings (SSSR count). The Morgan fingerprint density at radius 2 is 2.00 bits per heavy atom. The fourth-order valence-corrected chi connectivity index (χ4v) is 2.89. The average molecular weight is 306 g/mol. The van der Waals surface area contributed by atoms with E-state index in [1.54, 1.807) is 6.07 Å². The van der Waals surface area contributed by atoms with E-state index in [0.717, 1.165) is 11.1 Å². The van der Waals surface area contributed by atoms with E-state index < -0.39 is 10.0 Å². The highest BCUT2D eigenvalue weighted by atomic mass is 32.2. The van der Waals surface area contributed by atoms with E-state index in [0.29, 0.717) is 18.5 Å². The van der Waals surface area contributed by atoms with Crippen molar-refractivity contribution in [3.63, 3.8) is 0 Å². The van der Waals surface area contributed by atoms with Gasteiger partial charge in [0.25, 0.3) is 10.0 Å². The summed E-state index contributed by atoms with van der Waals surface area (Å²) in [6.45, 7) is 2.16. The van der Waals surface area contributed by atoms with Crippen molar-refractivity contribution in [1.82, 2.24) is 9.71 Å². The summed E-state index contributed by atoms with van der Waals surface area (Å²) in [5.41, 5.74) is 2.81. The first-order valence-electron chi connectivity index (χ1n) is 6.62. The first-order valence-corrected chi connectivity index (χ1v) is 8.10. The van der Waals surface area contributed by atoms with Crippen molar-refractivity contribution in [1.29, 1.82) is 0 Å². The van der Waals surface area contributed by atoms with Crippen LogP contribution in [-0.4, -0.2) is 25.1 Å². The minimum Gasteiger partial charge on any atom is -0.392 e. The normalized spacial score (nSPS) is 11.5. The summed E-state index contributed by atoms with van der Waals surface area (Å²) in [6, 6.07) is 10.9. The highest BCUT2D eigenvalue weighted by molar-refractivity contribution is 7.89.